The number of aliphatic hydroxyl groups is 1. The number of sulfonamides is 1. The number of aliphatic hydroxyl groups excluding tert-OH is 1. The molecule has 0 spiro atoms. The van der Waals surface area contributed by atoms with E-state index in [1.54, 1.807) is 49.0 Å². The number of ether oxygens (including phenoxy) is 5. The van der Waals surface area contributed by atoms with Crippen LogP contribution in [0.3, 0.4) is 0 Å². The number of aromatic amines is 1. The fourth-order valence-electron chi connectivity index (χ4n) is 13.3. The molecule has 2 atom stereocenters. The number of fused-ring (bicyclic) bond motifs is 4. The Labute approximate surface area is 652 Å². The Balaban J connectivity index is 0.000000131. The first-order chi connectivity index (χ1) is 54.0. The zero-order valence-corrected chi connectivity index (χ0v) is 66.4. The van der Waals surface area contributed by atoms with E-state index >= 15 is 0 Å². The van der Waals surface area contributed by atoms with Gasteiger partial charge in [-0.05, 0) is 106 Å². The minimum absolute atomic E-state index is 0.0372. The first-order valence-corrected chi connectivity index (χ1v) is 39.2. The van der Waals surface area contributed by atoms with E-state index in [1.807, 2.05) is 185 Å². The molecule has 0 amide bonds. The van der Waals surface area contributed by atoms with Crippen molar-refractivity contribution in [3.63, 3.8) is 0 Å². The summed E-state index contributed by atoms with van der Waals surface area (Å²) >= 11 is 0. The lowest BCUT2D eigenvalue weighted by atomic mass is 10.1. The molecule has 2 saturated heterocycles. The average Bonchev–Trinajstić information content (AvgIpc) is 1.36. The van der Waals surface area contributed by atoms with E-state index in [-0.39, 0.29) is 35.7 Å². The third kappa shape index (κ3) is 19.2. The molecule has 10 aromatic heterocycles. The normalized spacial score (nSPS) is 16.4. The van der Waals surface area contributed by atoms with Gasteiger partial charge in [-0.25, -0.2) is 63.2 Å². The van der Waals surface area contributed by atoms with Crippen molar-refractivity contribution in [2.75, 3.05) is 107 Å². The van der Waals surface area contributed by atoms with Gasteiger partial charge >= 0.3 is 0 Å². The summed E-state index contributed by atoms with van der Waals surface area (Å²) in [5.74, 6) is 5.66. The van der Waals surface area contributed by atoms with Gasteiger partial charge in [-0.1, -0.05) is 6.07 Å². The Hall–Kier alpha value is -11.2. The summed E-state index contributed by atoms with van der Waals surface area (Å²) in [6.45, 7) is 23.3. The molecule has 2 N–H and O–H groups in total. The number of rotatable bonds is 24. The summed E-state index contributed by atoms with van der Waals surface area (Å²) in [7, 11) is 6.52. The van der Waals surface area contributed by atoms with Crippen LogP contribution < -0.4 is 38.5 Å². The molecule has 3 fully saturated rings. The van der Waals surface area contributed by atoms with Crippen molar-refractivity contribution >= 4 is 61.3 Å². The van der Waals surface area contributed by atoms with Crippen molar-refractivity contribution < 1.29 is 37.2 Å². The van der Waals surface area contributed by atoms with Crippen LogP contribution in [0.1, 0.15) is 124 Å². The number of hydrogen-bond acceptors (Lipinski definition) is 29. The third-order valence-electron chi connectivity index (χ3n) is 19.1. The second-order valence-corrected chi connectivity index (χ2v) is 31.5. The maximum absolute atomic E-state index is 12.5. The second kappa shape index (κ2) is 35.4. The van der Waals surface area contributed by atoms with Gasteiger partial charge in [-0.15, -0.1) is 0 Å². The highest BCUT2D eigenvalue weighted by molar-refractivity contribution is 7.90. The van der Waals surface area contributed by atoms with Crippen LogP contribution in [0, 0.1) is 0 Å². The van der Waals surface area contributed by atoms with Crippen LogP contribution in [0.25, 0.3) is 22.2 Å². The van der Waals surface area contributed by atoms with Crippen molar-refractivity contribution in [1.29, 1.82) is 0 Å². The number of pyridine rings is 6. The Kier molecular flexibility index (Phi) is 25.0. The van der Waals surface area contributed by atoms with E-state index < -0.39 is 16.1 Å². The SMILES string of the molecule is CC(C)Oc1cc2c(-c3ccnc(N4CCN(S(=O)(=O)C5CC5)CC4)c3)n[nH]c2cn1.CC(C)Oc1cc2c(cn1)CN=C2c1cc(N(C)Cc2cccnc2)ncn1.CC(C)Oc1cc2c(cn1)CN=C2c1cc(N2C[C@H](O)[C@@H](N(C)C)C2)ncn1.COCCN(C)c1cc(C2=NCc3cnc(OC(C)C)cc32)ncn1. The minimum atomic E-state index is -3.12. The van der Waals surface area contributed by atoms with Gasteiger partial charge in [0.15, 0.2) is 0 Å². The van der Waals surface area contributed by atoms with Gasteiger partial charge in [0.05, 0.1) is 114 Å². The number of β-amino-alcohol motifs (C(OH)–C–C–N with tert-alkyl or cyclic N) is 1. The van der Waals surface area contributed by atoms with E-state index in [0.29, 0.717) is 89.0 Å². The quantitative estimate of drug-likeness (QED) is 0.0571. The van der Waals surface area contributed by atoms with E-state index in [0.717, 1.165) is 145 Å². The first kappa shape index (κ1) is 78.9. The summed E-state index contributed by atoms with van der Waals surface area (Å²) in [5, 5.41) is 18.6. The Morgan fingerprint density at radius 3 is 1.55 bits per heavy atom. The Bertz CT molecular complexity index is 5130. The number of aliphatic imine (C=N–C) groups is 3. The number of nitrogens with one attached hydrogen (secondary N) is 1. The van der Waals surface area contributed by atoms with Gasteiger partial charge in [0, 0.05) is 198 Å². The molecular weight excluding hydrogens is 1440 g/mol. The van der Waals surface area contributed by atoms with Crippen LogP contribution in [-0.4, -0.2) is 239 Å². The summed E-state index contributed by atoms with van der Waals surface area (Å²) in [6, 6.07) is 21.6. The molecule has 16 rings (SSSR count). The van der Waals surface area contributed by atoms with Crippen LogP contribution in [0.2, 0.25) is 0 Å². The van der Waals surface area contributed by atoms with E-state index in [1.165, 1.54) is 0 Å². The number of aromatic nitrogens is 14. The van der Waals surface area contributed by atoms with Gasteiger partial charge in [-0.2, -0.15) is 9.40 Å². The van der Waals surface area contributed by atoms with E-state index in [4.69, 9.17) is 23.7 Å². The number of methoxy groups -OCH3 is 1. The van der Waals surface area contributed by atoms with Crippen LogP contribution >= 0.6 is 0 Å². The molecule has 6 aliphatic rings. The summed E-state index contributed by atoms with van der Waals surface area (Å²) in [6.07, 6.45) is 18.8. The molecular formula is C80H97N23O8S. The number of H-pyrrole nitrogens is 1. The maximum atomic E-state index is 12.5. The first-order valence-electron chi connectivity index (χ1n) is 37.7. The molecule has 586 valence electrons. The smallest absolute Gasteiger partial charge is 0.217 e. The van der Waals surface area contributed by atoms with Crippen molar-refractivity contribution in [3.8, 4) is 34.8 Å². The van der Waals surface area contributed by atoms with Crippen molar-refractivity contribution in [3.05, 3.63) is 185 Å². The number of anilines is 4. The fourth-order valence-corrected chi connectivity index (χ4v) is 15.2. The lowest BCUT2D eigenvalue weighted by Gasteiger charge is -2.34. The van der Waals surface area contributed by atoms with Gasteiger partial charge in [-0.3, -0.25) is 25.1 Å². The van der Waals surface area contributed by atoms with Crippen LogP contribution in [-0.2, 0) is 40.9 Å². The molecule has 0 unspecified atom stereocenters. The number of hydrogen-bond donors (Lipinski definition) is 2. The van der Waals surface area contributed by atoms with Gasteiger partial charge in [0.2, 0.25) is 33.5 Å². The molecule has 31 nitrogen and oxygen atoms in total. The lowest BCUT2D eigenvalue weighted by Crippen LogP contribution is -2.49. The van der Waals surface area contributed by atoms with Crippen LogP contribution in [0.5, 0.6) is 23.5 Å². The van der Waals surface area contributed by atoms with E-state index in [9.17, 15) is 13.5 Å². The highest BCUT2D eigenvalue weighted by atomic mass is 32.2. The molecule has 32 heteroatoms. The molecule has 0 aromatic carbocycles. The van der Waals surface area contributed by atoms with Crippen LogP contribution in [0.15, 0.2) is 144 Å². The Morgan fingerprint density at radius 1 is 0.545 bits per heavy atom. The second-order valence-electron chi connectivity index (χ2n) is 29.3. The van der Waals surface area contributed by atoms with Gasteiger partial charge in [0.25, 0.3) is 0 Å². The fraction of sp³-hybridized carbons (Fsp3) is 0.425. The highest BCUT2D eigenvalue weighted by Crippen LogP contribution is 2.35. The molecule has 1 saturated carbocycles. The highest BCUT2D eigenvalue weighted by Gasteiger charge is 2.41. The zero-order valence-electron chi connectivity index (χ0n) is 65.6. The number of nitrogens with zero attached hydrogens (tertiary/aromatic N) is 22. The van der Waals surface area contributed by atoms with Crippen molar-refractivity contribution in [2.45, 2.75) is 136 Å². The van der Waals surface area contributed by atoms with Crippen molar-refractivity contribution in [2.24, 2.45) is 15.0 Å². The molecule has 0 bridgehead atoms. The predicted molar refractivity (Wildman–Crippen MR) is 430 cm³/mol. The molecule has 10 aromatic rings. The van der Waals surface area contributed by atoms with Gasteiger partial charge < -0.3 is 53.3 Å². The van der Waals surface area contributed by atoms with Gasteiger partial charge in [0.1, 0.15) is 47.9 Å². The molecule has 5 aliphatic heterocycles. The van der Waals surface area contributed by atoms with E-state index in [2.05, 4.69) is 99.7 Å². The monoisotopic (exact) mass is 1540 g/mol. The Morgan fingerprint density at radius 2 is 1.05 bits per heavy atom. The summed E-state index contributed by atoms with van der Waals surface area (Å²) in [4.78, 5) is 77.0. The number of likely N-dealkylation sites (N-methyl/N-ethyl adjacent to an activating group) is 2. The number of piperazine rings is 1. The molecule has 1 aliphatic carbocycles. The average molecular weight is 1540 g/mol. The van der Waals surface area contributed by atoms with Crippen molar-refractivity contribution in [1.82, 2.24) is 79.2 Å². The maximum Gasteiger partial charge on any atom is 0.217 e. The minimum Gasteiger partial charge on any atom is -0.475 e. The zero-order chi connectivity index (χ0) is 78.7. The van der Waals surface area contributed by atoms with Crippen LogP contribution in [0.4, 0.5) is 23.3 Å². The predicted octanol–water partition coefficient (Wildman–Crippen LogP) is 8.68. The molecule has 0 radical (unpaired) electrons. The largest absolute Gasteiger partial charge is 0.475 e. The summed E-state index contributed by atoms with van der Waals surface area (Å²) < 4.78 is 54.6. The molecule has 15 heterocycles. The standard InChI is InChI=1S/C21H26N6O3S.C21H22N6O.C20H26N6O2.C18H23N5O2/c1-14(2)30-20-12-17-18(13-23-20)24-25-21(17)15-5-6-22-19(11-15)26-7-9-27(10-8-26)31(28,29)16-3-4-16;1-14(2)28-20-7-17-16(10-23-20)11-24-21(17)18-8-19(26-13-25-18)27(3)12-15-5-4-6-22-9-15;1-12(2)28-19-5-14-13(7-21-19)8-22-20(14)15-6-18(24-11-23-15)26-9-16(25(3)4)17(27)10-26;1-12(2)25-17-7-14-13(9-19-17)10-20-18(14)15-8-16(22-11-21-15)23(3)5-6-24-4/h5-6,11-14,16H,3-4,7-10H2,1-2H3,(H,24,25);4-10,13-14H,11-12H2,1-3H3;5-7,11-12,16-17,27H,8-10H2,1-4H3;7-9,11-12H,5-6,10H2,1-4H3/t;;16-,17-;/m..0./s1. The third-order valence-corrected chi connectivity index (χ3v) is 21.5. The summed E-state index contributed by atoms with van der Waals surface area (Å²) in [5.41, 5.74) is 14.9. The molecule has 112 heavy (non-hydrogen) atoms. The lowest BCUT2D eigenvalue weighted by molar-refractivity contribution is 0.114. The topological polar surface area (TPSA) is 340 Å².